The molecule has 4 heteroatoms. The minimum absolute atomic E-state index is 0.161. The van der Waals surface area contributed by atoms with Gasteiger partial charge in [0.15, 0.2) is 0 Å². The van der Waals surface area contributed by atoms with Gasteiger partial charge in [-0.15, -0.1) is 0 Å². The van der Waals surface area contributed by atoms with Crippen LogP contribution >= 0.6 is 27.5 Å². The van der Waals surface area contributed by atoms with Crippen LogP contribution in [-0.2, 0) is 0 Å². The molecule has 0 fully saturated rings. The van der Waals surface area contributed by atoms with Crippen molar-refractivity contribution in [1.82, 2.24) is 5.32 Å². The Labute approximate surface area is 132 Å². The zero-order valence-corrected chi connectivity index (χ0v) is 13.5. The molecule has 106 valence electrons. The molecule has 2 N–H and O–H groups in total. The van der Waals surface area contributed by atoms with Gasteiger partial charge >= 0.3 is 0 Å². The van der Waals surface area contributed by atoms with Gasteiger partial charge in [0.05, 0.1) is 6.10 Å². The summed E-state index contributed by atoms with van der Waals surface area (Å²) in [6, 6.07) is 15.6. The molecule has 2 unspecified atom stereocenters. The summed E-state index contributed by atoms with van der Waals surface area (Å²) in [5.74, 6) is 0. The summed E-state index contributed by atoms with van der Waals surface area (Å²) in [7, 11) is 0. The van der Waals surface area contributed by atoms with Crippen molar-refractivity contribution in [2.75, 3.05) is 6.54 Å². The average molecular weight is 355 g/mol. The van der Waals surface area contributed by atoms with Gasteiger partial charge in [0, 0.05) is 22.1 Å². The van der Waals surface area contributed by atoms with Gasteiger partial charge in [0.1, 0.15) is 0 Å². The smallest absolute Gasteiger partial charge is 0.0914 e. The van der Waals surface area contributed by atoms with Crippen LogP contribution in [0, 0.1) is 0 Å². The van der Waals surface area contributed by atoms with E-state index in [0.717, 1.165) is 20.6 Å². The van der Waals surface area contributed by atoms with Crippen LogP contribution in [0.15, 0.2) is 53.0 Å². The molecule has 2 atom stereocenters. The highest BCUT2D eigenvalue weighted by molar-refractivity contribution is 9.10. The quantitative estimate of drug-likeness (QED) is 0.829. The molecule has 0 saturated carbocycles. The van der Waals surface area contributed by atoms with Crippen LogP contribution in [0.1, 0.15) is 30.2 Å². The minimum atomic E-state index is -0.526. The van der Waals surface area contributed by atoms with Crippen molar-refractivity contribution in [1.29, 1.82) is 0 Å². The standard InChI is InChI=1S/C16H17BrClNO/c1-11(12-5-7-15(18)8-6-12)19-10-16(20)13-3-2-4-14(17)9-13/h2-9,11,16,19-20H,10H2,1H3. The fourth-order valence-electron chi connectivity index (χ4n) is 1.99. The van der Waals surface area contributed by atoms with E-state index < -0.39 is 6.10 Å². The molecule has 0 aliphatic heterocycles. The maximum absolute atomic E-state index is 10.2. The highest BCUT2D eigenvalue weighted by atomic mass is 79.9. The van der Waals surface area contributed by atoms with Gasteiger partial charge in [-0.05, 0) is 42.3 Å². The number of benzene rings is 2. The van der Waals surface area contributed by atoms with Crippen LogP contribution in [0.4, 0.5) is 0 Å². The van der Waals surface area contributed by atoms with Crippen molar-refractivity contribution < 1.29 is 5.11 Å². The van der Waals surface area contributed by atoms with Gasteiger partial charge in [-0.2, -0.15) is 0 Å². The molecule has 2 nitrogen and oxygen atoms in total. The van der Waals surface area contributed by atoms with E-state index in [9.17, 15) is 5.11 Å². The lowest BCUT2D eigenvalue weighted by molar-refractivity contribution is 0.170. The Morgan fingerprint density at radius 3 is 2.50 bits per heavy atom. The normalized spacial score (nSPS) is 14.0. The van der Waals surface area contributed by atoms with Crippen LogP contribution in [0.2, 0.25) is 5.02 Å². The topological polar surface area (TPSA) is 32.3 Å². The summed E-state index contributed by atoms with van der Waals surface area (Å²) < 4.78 is 0.972. The molecule has 0 amide bonds. The first-order valence-corrected chi connectivity index (χ1v) is 7.66. The monoisotopic (exact) mass is 353 g/mol. The van der Waals surface area contributed by atoms with Crippen LogP contribution < -0.4 is 5.32 Å². The summed E-state index contributed by atoms with van der Waals surface area (Å²) in [5, 5.41) is 14.2. The third-order valence-electron chi connectivity index (χ3n) is 3.22. The van der Waals surface area contributed by atoms with E-state index in [4.69, 9.17) is 11.6 Å². The van der Waals surface area contributed by atoms with Crippen molar-refractivity contribution in [2.45, 2.75) is 19.1 Å². The Morgan fingerprint density at radius 1 is 1.15 bits per heavy atom. The van der Waals surface area contributed by atoms with E-state index in [2.05, 4.69) is 28.2 Å². The lowest BCUT2D eigenvalue weighted by Crippen LogP contribution is -2.24. The van der Waals surface area contributed by atoms with Crippen LogP contribution in [-0.4, -0.2) is 11.7 Å². The van der Waals surface area contributed by atoms with Crippen LogP contribution in [0.3, 0.4) is 0 Å². The molecule has 20 heavy (non-hydrogen) atoms. The average Bonchev–Trinajstić information content (AvgIpc) is 2.45. The van der Waals surface area contributed by atoms with Crippen LogP contribution in [0.25, 0.3) is 0 Å². The molecular formula is C16H17BrClNO. The molecule has 0 heterocycles. The largest absolute Gasteiger partial charge is 0.387 e. The molecule has 0 aliphatic rings. The Bertz CT molecular complexity index is 559. The number of hydrogen-bond acceptors (Lipinski definition) is 2. The number of aliphatic hydroxyl groups excluding tert-OH is 1. The summed E-state index contributed by atoms with van der Waals surface area (Å²) in [6.45, 7) is 2.57. The van der Waals surface area contributed by atoms with E-state index in [-0.39, 0.29) is 6.04 Å². The maximum atomic E-state index is 10.2. The van der Waals surface area contributed by atoms with E-state index >= 15 is 0 Å². The molecule has 0 saturated heterocycles. The Kier molecular flexibility index (Phi) is 5.61. The summed E-state index contributed by atoms with van der Waals surface area (Å²) >= 11 is 9.28. The number of halogens is 2. The van der Waals surface area contributed by atoms with Crippen LogP contribution in [0.5, 0.6) is 0 Å². The highest BCUT2D eigenvalue weighted by Gasteiger charge is 2.10. The van der Waals surface area contributed by atoms with Gasteiger partial charge in [-0.25, -0.2) is 0 Å². The Balaban J connectivity index is 1.93. The lowest BCUT2D eigenvalue weighted by atomic mass is 10.1. The number of nitrogens with one attached hydrogen (secondary N) is 1. The van der Waals surface area contributed by atoms with E-state index in [0.29, 0.717) is 6.54 Å². The SMILES string of the molecule is CC(NCC(O)c1cccc(Br)c1)c1ccc(Cl)cc1. The zero-order chi connectivity index (χ0) is 14.5. The molecule has 0 aliphatic carbocycles. The van der Waals surface area contributed by atoms with Crippen molar-refractivity contribution >= 4 is 27.5 Å². The second-order valence-corrected chi connectivity index (χ2v) is 6.10. The first kappa shape index (κ1) is 15.5. The number of rotatable bonds is 5. The maximum Gasteiger partial charge on any atom is 0.0914 e. The predicted octanol–water partition coefficient (Wildman–Crippen LogP) is 4.49. The highest BCUT2D eigenvalue weighted by Crippen LogP contribution is 2.20. The molecule has 0 radical (unpaired) electrons. The molecule has 2 aromatic rings. The first-order chi connectivity index (χ1) is 9.56. The third kappa shape index (κ3) is 4.32. The number of aliphatic hydroxyl groups is 1. The second-order valence-electron chi connectivity index (χ2n) is 4.75. The van der Waals surface area contributed by atoms with Gasteiger partial charge in [-0.3, -0.25) is 0 Å². The molecule has 0 aromatic heterocycles. The van der Waals surface area contributed by atoms with Crippen molar-refractivity contribution in [3.63, 3.8) is 0 Å². The fourth-order valence-corrected chi connectivity index (χ4v) is 2.53. The zero-order valence-electron chi connectivity index (χ0n) is 11.2. The molecule has 0 spiro atoms. The lowest BCUT2D eigenvalue weighted by Gasteiger charge is -2.18. The van der Waals surface area contributed by atoms with Gasteiger partial charge in [0.2, 0.25) is 0 Å². The van der Waals surface area contributed by atoms with Gasteiger partial charge < -0.3 is 10.4 Å². The first-order valence-electron chi connectivity index (χ1n) is 6.48. The predicted molar refractivity (Wildman–Crippen MR) is 87.0 cm³/mol. The minimum Gasteiger partial charge on any atom is -0.387 e. The van der Waals surface area contributed by atoms with E-state index in [1.165, 1.54) is 0 Å². The summed E-state index contributed by atoms with van der Waals surface area (Å²) in [4.78, 5) is 0. The Hall–Kier alpha value is -0.870. The Morgan fingerprint density at radius 2 is 1.85 bits per heavy atom. The van der Waals surface area contributed by atoms with Crippen molar-refractivity contribution in [3.05, 3.63) is 69.2 Å². The summed E-state index contributed by atoms with van der Waals surface area (Å²) in [5.41, 5.74) is 2.05. The summed E-state index contributed by atoms with van der Waals surface area (Å²) in [6.07, 6.45) is -0.526. The molecular weight excluding hydrogens is 338 g/mol. The van der Waals surface area contributed by atoms with Gasteiger partial charge in [-0.1, -0.05) is 51.8 Å². The third-order valence-corrected chi connectivity index (χ3v) is 3.97. The van der Waals surface area contributed by atoms with E-state index in [1.807, 2.05) is 48.5 Å². The molecule has 2 rings (SSSR count). The number of hydrogen-bond donors (Lipinski definition) is 2. The molecule has 2 aromatic carbocycles. The van der Waals surface area contributed by atoms with E-state index in [1.54, 1.807) is 0 Å². The van der Waals surface area contributed by atoms with Crippen molar-refractivity contribution in [2.24, 2.45) is 0 Å². The second kappa shape index (κ2) is 7.23. The molecule has 0 bridgehead atoms. The van der Waals surface area contributed by atoms with Crippen molar-refractivity contribution in [3.8, 4) is 0 Å². The fraction of sp³-hybridized carbons (Fsp3) is 0.250. The van der Waals surface area contributed by atoms with Gasteiger partial charge in [0.25, 0.3) is 0 Å².